The van der Waals surface area contributed by atoms with E-state index >= 15 is 0 Å². The van der Waals surface area contributed by atoms with Gasteiger partial charge >= 0.3 is 5.97 Å². The van der Waals surface area contributed by atoms with Crippen LogP contribution in [0, 0.1) is 6.92 Å². The van der Waals surface area contributed by atoms with Gasteiger partial charge in [-0.05, 0) is 24.6 Å². The van der Waals surface area contributed by atoms with Gasteiger partial charge in [0, 0.05) is 12.5 Å². The minimum atomic E-state index is -0.602. The number of benzene rings is 2. The van der Waals surface area contributed by atoms with Crippen molar-refractivity contribution in [1.82, 2.24) is 0 Å². The number of phenolic OH excluding ortho intramolecular Hbond substituents is 2. The molecule has 0 aliphatic carbocycles. The van der Waals surface area contributed by atoms with Crippen LogP contribution in [0.1, 0.15) is 21.5 Å². The highest BCUT2D eigenvalue weighted by atomic mass is 16.5. The van der Waals surface area contributed by atoms with Gasteiger partial charge in [-0.3, -0.25) is 0 Å². The maximum atomic E-state index is 11.8. The lowest BCUT2D eigenvalue weighted by atomic mass is 10.1. The Hall–Kier alpha value is -2.49. The van der Waals surface area contributed by atoms with Gasteiger partial charge in [-0.25, -0.2) is 4.79 Å². The molecule has 0 heterocycles. The summed E-state index contributed by atoms with van der Waals surface area (Å²) in [5, 5.41) is 18.7. The average Bonchev–Trinajstić information content (AvgIpc) is 2.41. The Morgan fingerprint density at radius 1 is 1.10 bits per heavy atom. The largest absolute Gasteiger partial charge is 0.508 e. The second-order valence-corrected chi connectivity index (χ2v) is 4.57. The highest BCUT2D eigenvalue weighted by Crippen LogP contribution is 2.23. The Bertz CT molecular complexity index is 602. The van der Waals surface area contributed by atoms with Crippen molar-refractivity contribution < 1.29 is 19.7 Å². The lowest BCUT2D eigenvalue weighted by Crippen LogP contribution is -2.08. The first-order valence-electron chi connectivity index (χ1n) is 6.31. The Morgan fingerprint density at radius 2 is 1.80 bits per heavy atom. The van der Waals surface area contributed by atoms with Crippen LogP contribution in [0.5, 0.6) is 11.5 Å². The number of ether oxygens (including phenoxy) is 1. The fourth-order valence-electron chi connectivity index (χ4n) is 1.79. The Balaban J connectivity index is 1.90. The van der Waals surface area contributed by atoms with E-state index in [0.29, 0.717) is 6.42 Å². The molecule has 20 heavy (non-hydrogen) atoms. The topological polar surface area (TPSA) is 66.8 Å². The molecule has 0 aromatic heterocycles. The van der Waals surface area contributed by atoms with Crippen molar-refractivity contribution in [3.8, 4) is 11.5 Å². The summed E-state index contributed by atoms with van der Waals surface area (Å²) in [6.07, 6.45) is 0.616. The third-order valence-corrected chi connectivity index (χ3v) is 2.95. The lowest BCUT2D eigenvalue weighted by Gasteiger charge is -2.07. The van der Waals surface area contributed by atoms with Crippen molar-refractivity contribution in [1.29, 1.82) is 0 Å². The number of aromatic hydroxyl groups is 2. The van der Waals surface area contributed by atoms with Gasteiger partial charge in [-0.1, -0.05) is 29.8 Å². The smallest absolute Gasteiger partial charge is 0.341 e. The number of aryl methyl sites for hydroxylation is 1. The van der Waals surface area contributed by atoms with Gasteiger partial charge in [0.1, 0.15) is 17.1 Å². The molecule has 0 saturated carbocycles. The van der Waals surface area contributed by atoms with E-state index in [1.54, 1.807) is 0 Å². The molecule has 4 nitrogen and oxygen atoms in total. The molecule has 0 aliphatic rings. The molecule has 0 bridgehead atoms. The van der Waals surface area contributed by atoms with Crippen LogP contribution in [0.2, 0.25) is 0 Å². The quantitative estimate of drug-likeness (QED) is 0.840. The fourth-order valence-corrected chi connectivity index (χ4v) is 1.79. The van der Waals surface area contributed by atoms with Crippen LogP contribution in [0.25, 0.3) is 0 Å². The molecule has 0 fully saturated rings. The molecule has 2 N–H and O–H groups in total. The molecule has 0 radical (unpaired) electrons. The number of hydrogen-bond donors (Lipinski definition) is 2. The van der Waals surface area contributed by atoms with E-state index in [2.05, 4.69) is 0 Å². The van der Waals surface area contributed by atoms with Crippen LogP contribution in [0.15, 0.2) is 42.5 Å². The molecule has 2 aromatic carbocycles. The van der Waals surface area contributed by atoms with Crippen LogP contribution in [-0.4, -0.2) is 22.8 Å². The van der Waals surface area contributed by atoms with E-state index in [0.717, 1.165) is 11.6 Å². The lowest BCUT2D eigenvalue weighted by molar-refractivity contribution is 0.0506. The molecule has 0 saturated heterocycles. The number of hydrogen-bond acceptors (Lipinski definition) is 4. The number of phenols is 2. The monoisotopic (exact) mass is 272 g/mol. The summed E-state index contributed by atoms with van der Waals surface area (Å²) >= 11 is 0. The highest BCUT2D eigenvalue weighted by molar-refractivity contribution is 5.92. The first-order chi connectivity index (χ1) is 9.56. The standard InChI is InChI=1S/C16H16O4/c1-11-2-4-12(5-3-11)8-9-20-16(19)14-7-6-13(17)10-15(14)18/h2-7,10,17-18H,8-9H2,1H3. The van der Waals surface area contributed by atoms with Crippen LogP contribution in [0.4, 0.5) is 0 Å². The van der Waals surface area contributed by atoms with Crippen LogP contribution >= 0.6 is 0 Å². The number of carbonyl (C=O) groups excluding carboxylic acids is 1. The zero-order valence-electron chi connectivity index (χ0n) is 11.2. The van der Waals surface area contributed by atoms with Crippen molar-refractivity contribution in [2.45, 2.75) is 13.3 Å². The van der Waals surface area contributed by atoms with E-state index in [1.807, 2.05) is 31.2 Å². The predicted molar refractivity (Wildman–Crippen MR) is 74.9 cm³/mol. The molecule has 2 aromatic rings. The SMILES string of the molecule is Cc1ccc(CCOC(=O)c2ccc(O)cc2O)cc1. The molecule has 0 amide bonds. The van der Waals surface area contributed by atoms with Crippen molar-refractivity contribution in [3.05, 3.63) is 59.2 Å². The van der Waals surface area contributed by atoms with Gasteiger partial charge in [0.2, 0.25) is 0 Å². The highest BCUT2D eigenvalue weighted by Gasteiger charge is 2.12. The van der Waals surface area contributed by atoms with Crippen molar-refractivity contribution in [2.75, 3.05) is 6.61 Å². The minimum absolute atomic E-state index is 0.0479. The maximum Gasteiger partial charge on any atom is 0.341 e. The van der Waals surface area contributed by atoms with Gasteiger partial charge in [0.05, 0.1) is 6.61 Å². The summed E-state index contributed by atoms with van der Waals surface area (Å²) in [4.78, 5) is 11.8. The van der Waals surface area contributed by atoms with Gasteiger partial charge in [0.25, 0.3) is 0 Å². The zero-order valence-corrected chi connectivity index (χ0v) is 11.2. The zero-order chi connectivity index (χ0) is 14.5. The van der Waals surface area contributed by atoms with Gasteiger partial charge < -0.3 is 14.9 Å². The van der Waals surface area contributed by atoms with Crippen LogP contribution in [0.3, 0.4) is 0 Å². The van der Waals surface area contributed by atoms with Crippen molar-refractivity contribution >= 4 is 5.97 Å². The fraction of sp³-hybridized carbons (Fsp3) is 0.188. The minimum Gasteiger partial charge on any atom is -0.508 e. The number of carbonyl (C=O) groups is 1. The maximum absolute atomic E-state index is 11.8. The van der Waals surface area contributed by atoms with E-state index in [9.17, 15) is 9.90 Å². The molecule has 4 heteroatoms. The van der Waals surface area contributed by atoms with Gasteiger partial charge in [0.15, 0.2) is 0 Å². The van der Waals surface area contributed by atoms with E-state index in [4.69, 9.17) is 9.84 Å². The number of esters is 1. The van der Waals surface area contributed by atoms with Crippen LogP contribution in [-0.2, 0) is 11.2 Å². The van der Waals surface area contributed by atoms with Crippen molar-refractivity contribution in [2.24, 2.45) is 0 Å². The second-order valence-electron chi connectivity index (χ2n) is 4.57. The molecule has 104 valence electrons. The summed E-state index contributed by atoms with van der Waals surface area (Å²) in [5.41, 5.74) is 2.31. The van der Waals surface area contributed by atoms with Crippen molar-refractivity contribution in [3.63, 3.8) is 0 Å². The van der Waals surface area contributed by atoms with Gasteiger partial charge in [-0.2, -0.15) is 0 Å². The molecule has 0 atom stereocenters. The molecule has 2 rings (SSSR count). The van der Waals surface area contributed by atoms with E-state index in [1.165, 1.54) is 17.7 Å². The van der Waals surface area contributed by atoms with Crippen LogP contribution < -0.4 is 0 Å². The summed E-state index contributed by atoms with van der Waals surface area (Å²) in [7, 11) is 0. The Kier molecular flexibility index (Phi) is 4.25. The van der Waals surface area contributed by atoms with E-state index < -0.39 is 5.97 Å². The molecule has 0 spiro atoms. The summed E-state index contributed by atoms with van der Waals surface area (Å²) in [5.74, 6) is -0.987. The third kappa shape index (κ3) is 3.51. The summed E-state index contributed by atoms with van der Waals surface area (Å²) < 4.78 is 5.10. The molecular formula is C16H16O4. The Morgan fingerprint density at radius 3 is 2.45 bits per heavy atom. The first-order valence-corrected chi connectivity index (χ1v) is 6.31. The predicted octanol–water partition coefficient (Wildman–Crippen LogP) is 2.81. The molecule has 0 unspecified atom stereocenters. The molecule has 0 aliphatic heterocycles. The summed E-state index contributed by atoms with van der Waals surface area (Å²) in [6, 6.07) is 11.8. The first kappa shape index (κ1) is 13.9. The normalized spacial score (nSPS) is 10.2. The third-order valence-electron chi connectivity index (χ3n) is 2.95. The Labute approximate surface area is 117 Å². The average molecular weight is 272 g/mol. The number of rotatable bonds is 4. The van der Waals surface area contributed by atoms with Gasteiger partial charge in [-0.15, -0.1) is 0 Å². The molecular weight excluding hydrogens is 256 g/mol. The summed E-state index contributed by atoms with van der Waals surface area (Å²) in [6.45, 7) is 2.25. The second kappa shape index (κ2) is 6.10. The van der Waals surface area contributed by atoms with E-state index in [-0.39, 0.29) is 23.7 Å².